The summed E-state index contributed by atoms with van der Waals surface area (Å²) in [6.45, 7) is 1.30. The van der Waals surface area contributed by atoms with Crippen LogP contribution in [0.3, 0.4) is 0 Å². The Labute approximate surface area is 122 Å². The second-order valence-corrected chi connectivity index (χ2v) is 7.09. The van der Waals surface area contributed by atoms with Gasteiger partial charge in [0.15, 0.2) is 15.6 Å². The minimum Gasteiger partial charge on any atom is -0.469 e. The second-order valence-electron chi connectivity index (χ2n) is 4.21. The van der Waals surface area contributed by atoms with Crippen molar-refractivity contribution in [2.24, 2.45) is 0 Å². The third kappa shape index (κ3) is 4.31. The molecule has 5 nitrogen and oxygen atoms in total. The van der Waals surface area contributed by atoms with Gasteiger partial charge in [-0.15, -0.1) is 0 Å². The van der Waals surface area contributed by atoms with E-state index in [1.807, 2.05) is 0 Å². The summed E-state index contributed by atoms with van der Waals surface area (Å²) in [5.74, 6) is -1.60. The standard InChI is InChI=1S/C13H15ClO5S/c1-9(20(17,18)7-6-12(15)19-2)13(16)10-4-3-5-11(14)8-10/h3-5,8-9H,6-7H2,1-2H3. The molecule has 0 aromatic heterocycles. The molecule has 0 aliphatic heterocycles. The fraction of sp³-hybridized carbons (Fsp3) is 0.385. The molecule has 0 aliphatic rings. The summed E-state index contributed by atoms with van der Waals surface area (Å²) in [7, 11) is -2.54. The molecule has 1 aromatic carbocycles. The van der Waals surface area contributed by atoms with Gasteiger partial charge >= 0.3 is 5.97 Å². The van der Waals surface area contributed by atoms with E-state index in [1.54, 1.807) is 12.1 Å². The van der Waals surface area contributed by atoms with Crippen LogP contribution in [0.5, 0.6) is 0 Å². The molecule has 20 heavy (non-hydrogen) atoms. The molecule has 7 heteroatoms. The van der Waals surface area contributed by atoms with E-state index in [1.165, 1.54) is 26.2 Å². The summed E-state index contributed by atoms with van der Waals surface area (Å²) in [6, 6.07) is 6.08. The first-order valence-electron chi connectivity index (χ1n) is 5.86. The van der Waals surface area contributed by atoms with Gasteiger partial charge in [-0.3, -0.25) is 9.59 Å². The summed E-state index contributed by atoms with van der Waals surface area (Å²) in [5, 5.41) is -0.874. The number of hydrogen-bond acceptors (Lipinski definition) is 5. The van der Waals surface area contributed by atoms with Crippen molar-refractivity contribution >= 4 is 33.2 Å². The van der Waals surface area contributed by atoms with Gasteiger partial charge in [-0.1, -0.05) is 23.7 Å². The quantitative estimate of drug-likeness (QED) is 0.591. The van der Waals surface area contributed by atoms with Crippen molar-refractivity contribution in [3.8, 4) is 0 Å². The topological polar surface area (TPSA) is 77.5 Å². The van der Waals surface area contributed by atoms with Crippen LogP contribution in [0.25, 0.3) is 0 Å². The van der Waals surface area contributed by atoms with Crippen molar-refractivity contribution in [2.45, 2.75) is 18.6 Å². The molecule has 0 heterocycles. The number of carbonyl (C=O) groups is 2. The van der Waals surface area contributed by atoms with Crippen LogP contribution in [-0.4, -0.2) is 38.3 Å². The van der Waals surface area contributed by atoms with Crippen LogP contribution in [0.2, 0.25) is 5.02 Å². The van der Waals surface area contributed by atoms with Gasteiger partial charge in [0.25, 0.3) is 0 Å². The van der Waals surface area contributed by atoms with Gasteiger partial charge in [0.2, 0.25) is 0 Å². The molecule has 0 bridgehead atoms. The predicted molar refractivity (Wildman–Crippen MR) is 75.7 cm³/mol. The zero-order valence-electron chi connectivity index (χ0n) is 11.1. The Morgan fingerprint density at radius 2 is 2.00 bits per heavy atom. The minimum atomic E-state index is -3.72. The smallest absolute Gasteiger partial charge is 0.306 e. The minimum absolute atomic E-state index is 0.228. The number of halogens is 1. The number of esters is 1. The number of ether oxygens (including phenoxy) is 1. The summed E-state index contributed by atoms with van der Waals surface area (Å²) in [5.41, 5.74) is 0.228. The van der Waals surface area contributed by atoms with E-state index in [9.17, 15) is 18.0 Å². The number of ketones is 1. The van der Waals surface area contributed by atoms with Crippen molar-refractivity contribution in [1.29, 1.82) is 0 Å². The molecule has 1 atom stereocenters. The maximum atomic E-state index is 12.1. The molecule has 0 saturated carbocycles. The second kappa shape index (κ2) is 6.85. The SMILES string of the molecule is COC(=O)CCS(=O)(=O)C(C)C(=O)c1cccc(Cl)c1. The largest absolute Gasteiger partial charge is 0.469 e. The van der Waals surface area contributed by atoms with E-state index < -0.39 is 32.6 Å². The summed E-state index contributed by atoms with van der Waals surface area (Å²) in [6.07, 6.45) is -0.272. The molecule has 0 spiro atoms. The van der Waals surface area contributed by atoms with Crippen LogP contribution in [0, 0.1) is 0 Å². The Hall–Kier alpha value is -1.40. The number of benzene rings is 1. The Kier molecular flexibility index (Phi) is 5.71. The number of rotatable bonds is 6. The monoisotopic (exact) mass is 318 g/mol. The van der Waals surface area contributed by atoms with Crippen LogP contribution in [0.15, 0.2) is 24.3 Å². The third-order valence-electron chi connectivity index (χ3n) is 2.84. The highest BCUT2D eigenvalue weighted by Gasteiger charge is 2.29. The van der Waals surface area contributed by atoms with Crippen LogP contribution in [0.1, 0.15) is 23.7 Å². The third-order valence-corrected chi connectivity index (χ3v) is 5.14. The van der Waals surface area contributed by atoms with Gasteiger partial charge in [-0.05, 0) is 19.1 Å². The zero-order valence-corrected chi connectivity index (χ0v) is 12.7. The molecular formula is C13H15ClO5S. The molecule has 0 fully saturated rings. The Bertz CT molecular complexity index is 609. The lowest BCUT2D eigenvalue weighted by Gasteiger charge is -2.11. The predicted octanol–water partition coefficient (Wildman–Crippen LogP) is 1.89. The van der Waals surface area contributed by atoms with E-state index in [4.69, 9.17) is 11.6 Å². The zero-order chi connectivity index (χ0) is 15.3. The molecule has 1 aromatic rings. The van der Waals surface area contributed by atoms with Gasteiger partial charge < -0.3 is 4.74 Å². The first-order valence-corrected chi connectivity index (χ1v) is 7.95. The molecule has 0 aliphatic carbocycles. The van der Waals surface area contributed by atoms with Gasteiger partial charge in [0, 0.05) is 10.6 Å². The van der Waals surface area contributed by atoms with Crippen LogP contribution in [-0.2, 0) is 19.4 Å². The first-order chi connectivity index (χ1) is 9.27. The Morgan fingerprint density at radius 3 is 2.55 bits per heavy atom. The normalized spacial score (nSPS) is 12.8. The summed E-state index contributed by atoms with van der Waals surface area (Å²) in [4.78, 5) is 23.1. The lowest BCUT2D eigenvalue weighted by molar-refractivity contribution is -0.140. The maximum absolute atomic E-state index is 12.1. The Morgan fingerprint density at radius 1 is 1.35 bits per heavy atom. The van der Waals surface area contributed by atoms with Gasteiger partial charge in [0.05, 0.1) is 19.3 Å². The summed E-state index contributed by atoms with van der Waals surface area (Å²) >= 11 is 5.77. The Balaban J connectivity index is 2.85. The number of carbonyl (C=O) groups excluding carboxylic acids is 2. The van der Waals surface area contributed by atoms with Crippen LogP contribution >= 0.6 is 11.6 Å². The van der Waals surface area contributed by atoms with E-state index in [0.717, 1.165) is 0 Å². The van der Waals surface area contributed by atoms with Gasteiger partial charge in [-0.25, -0.2) is 8.42 Å². The van der Waals surface area contributed by atoms with Gasteiger partial charge in [-0.2, -0.15) is 0 Å². The maximum Gasteiger partial charge on any atom is 0.306 e. The molecule has 110 valence electrons. The number of methoxy groups -OCH3 is 1. The van der Waals surface area contributed by atoms with E-state index >= 15 is 0 Å². The number of sulfone groups is 1. The van der Waals surface area contributed by atoms with Crippen molar-refractivity contribution in [3.05, 3.63) is 34.9 Å². The number of Topliss-reactive ketones (excluding diaryl/α,β-unsaturated/α-hetero) is 1. The molecule has 0 N–H and O–H groups in total. The molecule has 0 radical (unpaired) electrons. The summed E-state index contributed by atoms with van der Waals surface area (Å²) < 4.78 is 28.4. The van der Waals surface area contributed by atoms with Crippen LogP contribution in [0.4, 0.5) is 0 Å². The van der Waals surface area contributed by atoms with Crippen molar-refractivity contribution in [1.82, 2.24) is 0 Å². The van der Waals surface area contributed by atoms with Crippen molar-refractivity contribution in [2.75, 3.05) is 12.9 Å². The average Bonchev–Trinajstić information content (AvgIpc) is 2.43. The van der Waals surface area contributed by atoms with Crippen molar-refractivity contribution < 1.29 is 22.7 Å². The average molecular weight is 319 g/mol. The molecular weight excluding hydrogens is 304 g/mol. The van der Waals surface area contributed by atoms with E-state index in [2.05, 4.69) is 4.74 Å². The van der Waals surface area contributed by atoms with E-state index in [-0.39, 0.29) is 12.0 Å². The first kappa shape index (κ1) is 16.7. The highest BCUT2D eigenvalue weighted by atomic mass is 35.5. The highest BCUT2D eigenvalue weighted by molar-refractivity contribution is 7.92. The molecule has 0 saturated heterocycles. The van der Waals surface area contributed by atoms with E-state index in [0.29, 0.717) is 5.02 Å². The molecule has 1 unspecified atom stereocenters. The fourth-order valence-electron chi connectivity index (χ4n) is 1.54. The van der Waals surface area contributed by atoms with Crippen molar-refractivity contribution in [3.63, 3.8) is 0 Å². The number of hydrogen-bond donors (Lipinski definition) is 0. The van der Waals surface area contributed by atoms with Crippen LogP contribution < -0.4 is 0 Å². The molecule has 0 amide bonds. The highest BCUT2D eigenvalue weighted by Crippen LogP contribution is 2.16. The molecule has 1 rings (SSSR count). The lowest BCUT2D eigenvalue weighted by Crippen LogP contribution is -2.30. The fourth-order valence-corrected chi connectivity index (χ4v) is 3.00. The lowest BCUT2D eigenvalue weighted by atomic mass is 10.1. The van der Waals surface area contributed by atoms with Gasteiger partial charge in [0.1, 0.15) is 5.25 Å².